The lowest BCUT2D eigenvalue weighted by Gasteiger charge is -2.23. The first-order valence-corrected chi connectivity index (χ1v) is 7.88. The van der Waals surface area contributed by atoms with E-state index in [1.54, 1.807) is 0 Å². The molecule has 2 heterocycles. The molecule has 1 aliphatic carbocycles. The van der Waals surface area contributed by atoms with Crippen LogP contribution in [-0.4, -0.2) is 28.3 Å². The van der Waals surface area contributed by atoms with Crippen molar-refractivity contribution in [3.8, 4) is 0 Å². The average molecular weight is 276 g/mol. The van der Waals surface area contributed by atoms with Gasteiger partial charge in [0.05, 0.1) is 17.8 Å². The van der Waals surface area contributed by atoms with Gasteiger partial charge in [0, 0.05) is 19.3 Å². The zero-order valence-electron chi connectivity index (χ0n) is 12.0. The van der Waals surface area contributed by atoms with Crippen LogP contribution in [0.5, 0.6) is 0 Å². The Morgan fingerprint density at radius 1 is 1.25 bits per heavy atom. The summed E-state index contributed by atoms with van der Waals surface area (Å²) in [5.74, 6) is 0.128. The van der Waals surface area contributed by atoms with Crippen LogP contribution in [0.3, 0.4) is 0 Å². The van der Waals surface area contributed by atoms with E-state index >= 15 is 0 Å². The fourth-order valence-electron chi connectivity index (χ4n) is 3.22. The number of rotatable bonds is 4. The van der Waals surface area contributed by atoms with Crippen LogP contribution in [0.4, 0.5) is 0 Å². The quantitative estimate of drug-likeness (QED) is 0.881. The third-order valence-electron chi connectivity index (χ3n) is 4.43. The Bertz CT molecular complexity index is 450. The molecule has 1 unspecified atom stereocenters. The molecule has 0 radical (unpaired) electrons. The Labute approximate surface area is 120 Å². The molecule has 0 spiro atoms. The second-order valence-corrected chi connectivity index (χ2v) is 5.95. The summed E-state index contributed by atoms with van der Waals surface area (Å²) >= 11 is 0. The van der Waals surface area contributed by atoms with Crippen LogP contribution in [0.25, 0.3) is 0 Å². The van der Waals surface area contributed by atoms with Gasteiger partial charge in [0.1, 0.15) is 0 Å². The van der Waals surface area contributed by atoms with E-state index in [-0.39, 0.29) is 11.9 Å². The average Bonchev–Trinajstić information content (AvgIpc) is 2.96. The predicted octanol–water partition coefficient (Wildman–Crippen LogP) is 1.76. The SMILES string of the molecule is O=C1NCCCC1NCc1ccn(C2CCCCC2)n1. The Kier molecular flexibility index (Phi) is 4.35. The van der Waals surface area contributed by atoms with Crippen LogP contribution in [-0.2, 0) is 11.3 Å². The summed E-state index contributed by atoms with van der Waals surface area (Å²) < 4.78 is 2.12. The number of amides is 1. The van der Waals surface area contributed by atoms with E-state index in [2.05, 4.69) is 32.7 Å². The van der Waals surface area contributed by atoms with E-state index in [0.29, 0.717) is 12.6 Å². The predicted molar refractivity (Wildman–Crippen MR) is 77.2 cm³/mol. The fourth-order valence-corrected chi connectivity index (χ4v) is 3.22. The molecule has 1 aromatic heterocycles. The maximum atomic E-state index is 11.7. The second kappa shape index (κ2) is 6.39. The molecule has 110 valence electrons. The van der Waals surface area contributed by atoms with Crippen LogP contribution in [0.2, 0.25) is 0 Å². The first-order valence-electron chi connectivity index (χ1n) is 7.88. The number of hydrogen-bond acceptors (Lipinski definition) is 3. The van der Waals surface area contributed by atoms with Gasteiger partial charge in [-0.2, -0.15) is 5.10 Å². The van der Waals surface area contributed by atoms with E-state index < -0.39 is 0 Å². The molecular formula is C15H24N4O. The first kappa shape index (κ1) is 13.6. The number of hydrogen-bond donors (Lipinski definition) is 2. The Morgan fingerprint density at radius 3 is 2.90 bits per heavy atom. The van der Waals surface area contributed by atoms with Crippen molar-refractivity contribution in [2.75, 3.05) is 6.54 Å². The van der Waals surface area contributed by atoms with Gasteiger partial charge in [-0.15, -0.1) is 0 Å². The van der Waals surface area contributed by atoms with Crippen molar-refractivity contribution in [3.63, 3.8) is 0 Å². The zero-order chi connectivity index (χ0) is 13.8. The highest BCUT2D eigenvalue weighted by atomic mass is 16.2. The molecule has 1 aliphatic heterocycles. The molecule has 2 N–H and O–H groups in total. The monoisotopic (exact) mass is 276 g/mol. The maximum Gasteiger partial charge on any atom is 0.237 e. The highest BCUT2D eigenvalue weighted by Crippen LogP contribution is 2.27. The number of aromatic nitrogens is 2. The summed E-state index contributed by atoms with van der Waals surface area (Å²) in [5, 5.41) is 10.9. The van der Waals surface area contributed by atoms with Crippen LogP contribution in [0.15, 0.2) is 12.3 Å². The van der Waals surface area contributed by atoms with Crippen molar-refractivity contribution in [2.45, 2.75) is 63.6 Å². The third-order valence-corrected chi connectivity index (χ3v) is 4.43. The molecule has 3 rings (SSSR count). The minimum Gasteiger partial charge on any atom is -0.355 e. The molecule has 1 saturated heterocycles. The number of carbonyl (C=O) groups excluding carboxylic acids is 1. The van der Waals surface area contributed by atoms with Crippen molar-refractivity contribution in [3.05, 3.63) is 18.0 Å². The Balaban J connectivity index is 1.53. The molecule has 1 amide bonds. The summed E-state index contributed by atoms with van der Waals surface area (Å²) in [6.45, 7) is 1.49. The van der Waals surface area contributed by atoms with Gasteiger partial charge in [-0.05, 0) is 31.7 Å². The summed E-state index contributed by atoms with van der Waals surface area (Å²) in [6, 6.07) is 2.60. The van der Waals surface area contributed by atoms with E-state index in [9.17, 15) is 4.79 Å². The molecule has 5 nitrogen and oxygen atoms in total. The standard InChI is InChI=1S/C15H24N4O/c20-15-14(7-4-9-16-15)17-11-12-8-10-19(18-12)13-5-2-1-3-6-13/h8,10,13-14,17H,1-7,9,11H2,(H,16,20). The Morgan fingerprint density at radius 2 is 2.10 bits per heavy atom. The summed E-state index contributed by atoms with van der Waals surface area (Å²) in [4.78, 5) is 11.7. The highest BCUT2D eigenvalue weighted by molar-refractivity contribution is 5.82. The first-order chi connectivity index (χ1) is 9.83. The normalized spacial score (nSPS) is 24.6. The molecular weight excluding hydrogens is 252 g/mol. The lowest BCUT2D eigenvalue weighted by molar-refractivity contribution is -0.124. The molecule has 2 aliphatic rings. The van der Waals surface area contributed by atoms with Crippen LogP contribution in [0, 0.1) is 0 Å². The Hall–Kier alpha value is -1.36. The number of nitrogens with one attached hydrogen (secondary N) is 2. The van der Waals surface area contributed by atoms with Gasteiger partial charge in [-0.25, -0.2) is 0 Å². The van der Waals surface area contributed by atoms with Gasteiger partial charge in [0.15, 0.2) is 0 Å². The van der Waals surface area contributed by atoms with E-state index in [4.69, 9.17) is 0 Å². The topological polar surface area (TPSA) is 59.0 Å². The highest BCUT2D eigenvalue weighted by Gasteiger charge is 2.21. The molecule has 5 heteroatoms. The second-order valence-electron chi connectivity index (χ2n) is 5.95. The molecule has 1 saturated carbocycles. The van der Waals surface area contributed by atoms with Crippen molar-refractivity contribution in [2.24, 2.45) is 0 Å². The summed E-state index contributed by atoms with van der Waals surface area (Å²) in [7, 11) is 0. The van der Waals surface area contributed by atoms with Crippen molar-refractivity contribution < 1.29 is 4.79 Å². The summed E-state index contributed by atoms with van der Waals surface area (Å²) in [5.41, 5.74) is 1.04. The molecule has 20 heavy (non-hydrogen) atoms. The largest absolute Gasteiger partial charge is 0.355 e. The van der Waals surface area contributed by atoms with Gasteiger partial charge in [0.2, 0.25) is 5.91 Å². The number of nitrogens with zero attached hydrogens (tertiary/aromatic N) is 2. The minimum atomic E-state index is -0.0522. The summed E-state index contributed by atoms with van der Waals surface area (Å²) in [6.07, 6.45) is 10.6. The molecule has 0 bridgehead atoms. The van der Waals surface area contributed by atoms with Gasteiger partial charge in [-0.1, -0.05) is 19.3 Å². The van der Waals surface area contributed by atoms with Gasteiger partial charge >= 0.3 is 0 Å². The lowest BCUT2D eigenvalue weighted by Crippen LogP contribution is -2.47. The number of piperidine rings is 1. The third kappa shape index (κ3) is 3.20. The minimum absolute atomic E-state index is 0.0522. The van der Waals surface area contributed by atoms with Crippen molar-refractivity contribution in [1.82, 2.24) is 20.4 Å². The molecule has 2 fully saturated rings. The van der Waals surface area contributed by atoms with Crippen LogP contribution in [0.1, 0.15) is 56.7 Å². The van der Waals surface area contributed by atoms with Crippen molar-refractivity contribution in [1.29, 1.82) is 0 Å². The van der Waals surface area contributed by atoms with E-state index in [1.165, 1.54) is 32.1 Å². The van der Waals surface area contributed by atoms with Crippen LogP contribution >= 0.6 is 0 Å². The van der Waals surface area contributed by atoms with Gasteiger partial charge in [0.25, 0.3) is 0 Å². The zero-order valence-corrected chi connectivity index (χ0v) is 12.0. The van der Waals surface area contributed by atoms with E-state index in [0.717, 1.165) is 25.1 Å². The van der Waals surface area contributed by atoms with Crippen LogP contribution < -0.4 is 10.6 Å². The van der Waals surface area contributed by atoms with Gasteiger partial charge < -0.3 is 10.6 Å². The fraction of sp³-hybridized carbons (Fsp3) is 0.733. The molecule has 0 aromatic carbocycles. The smallest absolute Gasteiger partial charge is 0.237 e. The molecule has 1 aromatic rings. The van der Waals surface area contributed by atoms with Gasteiger partial charge in [-0.3, -0.25) is 9.48 Å². The van der Waals surface area contributed by atoms with Crippen molar-refractivity contribution >= 4 is 5.91 Å². The number of carbonyl (C=O) groups is 1. The molecule has 1 atom stereocenters. The maximum absolute atomic E-state index is 11.7. The lowest BCUT2D eigenvalue weighted by atomic mass is 9.96. The van der Waals surface area contributed by atoms with E-state index in [1.807, 2.05) is 0 Å².